The molecule has 30 heavy (non-hydrogen) atoms. The molecule has 0 aliphatic rings. The number of imidazole rings is 1. The van der Waals surface area contributed by atoms with Crippen LogP contribution in [0.1, 0.15) is 66.4 Å². The Bertz CT molecular complexity index is 605. The number of aliphatic hydroxyl groups excluding tert-OH is 1. The second-order valence-corrected chi connectivity index (χ2v) is 8.98. The van der Waals surface area contributed by atoms with Crippen LogP contribution in [0.3, 0.4) is 0 Å². The number of carbonyl (C=O) groups is 1. The topological polar surface area (TPSA) is 78.0 Å². The Balaban J connectivity index is -0.00000111. The average Bonchev–Trinajstić information content (AvgIpc) is 3.23. The van der Waals surface area contributed by atoms with Crippen LogP contribution in [0.15, 0.2) is 37.1 Å². The zero-order valence-corrected chi connectivity index (χ0v) is 21.8. The summed E-state index contributed by atoms with van der Waals surface area (Å²) in [5.41, 5.74) is 2.04. The normalized spacial score (nSPS) is 11.6. The smallest absolute Gasteiger partial charge is 0.227 e. The molecule has 0 saturated heterocycles. The fraction of sp³-hybridized carbons (Fsp3) is 0.583. The number of H-pyrrole nitrogens is 1. The van der Waals surface area contributed by atoms with Crippen LogP contribution in [0, 0.1) is 5.92 Å². The van der Waals surface area contributed by atoms with E-state index in [1.165, 1.54) is 0 Å². The van der Waals surface area contributed by atoms with Gasteiger partial charge in [0.15, 0.2) is 0 Å². The first-order chi connectivity index (χ1) is 14.4. The van der Waals surface area contributed by atoms with Crippen LogP contribution in [-0.4, -0.2) is 47.1 Å². The number of nitrogens with zero attached hydrogens (tertiary/aromatic N) is 1. The quantitative estimate of drug-likeness (QED) is 0.327. The molecule has 174 valence electrons. The van der Waals surface area contributed by atoms with Crippen LogP contribution in [0.4, 0.5) is 0 Å². The lowest BCUT2D eigenvalue weighted by Gasteiger charge is -2.22. The Morgan fingerprint density at radius 3 is 2.27 bits per heavy atom. The molecule has 6 heteroatoms. The van der Waals surface area contributed by atoms with Crippen LogP contribution in [0.25, 0.3) is 5.57 Å². The fourth-order valence-corrected chi connectivity index (χ4v) is 3.83. The molecule has 1 rings (SSSR count). The van der Waals surface area contributed by atoms with Gasteiger partial charge in [-0.25, -0.2) is 4.98 Å². The molecule has 0 aliphatic carbocycles. The van der Waals surface area contributed by atoms with E-state index in [1.54, 1.807) is 12.3 Å². The lowest BCUT2D eigenvalue weighted by atomic mass is 10.1. The van der Waals surface area contributed by atoms with Gasteiger partial charge in [-0.15, -0.1) is 7.92 Å². The van der Waals surface area contributed by atoms with Gasteiger partial charge in [0.05, 0.1) is 24.1 Å². The molecule has 1 atom stereocenters. The van der Waals surface area contributed by atoms with Gasteiger partial charge in [-0.3, -0.25) is 4.79 Å². The minimum absolute atomic E-state index is 0.105. The number of hydrogen-bond donors (Lipinski definition) is 3. The number of hydrogen-bond acceptors (Lipinski definition) is 3. The summed E-state index contributed by atoms with van der Waals surface area (Å²) in [4.78, 5) is 20.1. The first-order valence-electron chi connectivity index (χ1n) is 10.8. The van der Waals surface area contributed by atoms with Crippen LogP contribution >= 0.6 is 7.92 Å². The molecule has 0 radical (unpaired) electrons. The van der Waals surface area contributed by atoms with Gasteiger partial charge in [-0.2, -0.15) is 0 Å². The second kappa shape index (κ2) is 22.0. The number of amides is 1. The zero-order valence-electron chi connectivity index (χ0n) is 20.9. The van der Waals surface area contributed by atoms with Crippen molar-refractivity contribution in [3.8, 4) is 0 Å². The van der Waals surface area contributed by atoms with Gasteiger partial charge in [0, 0.05) is 7.11 Å². The summed E-state index contributed by atoms with van der Waals surface area (Å²) in [7, 11) is 0.697. The predicted molar refractivity (Wildman–Crippen MR) is 136 cm³/mol. The number of carbonyl (C=O) groups excluding carboxylic acids is 1. The van der Waals surface area contributed by atoms with Crippen molar-refractivity contribution >= 4 is 19.4 Å². The highest BCUT2D eigenvalue weighted by molar-refractivity contribution is 7.57. The summed E-state index contributed by atoms with van der Waals surface area (Å²) < 4.78 is 0. The van der Waals surface area contributed by atoms with Crippen LogP contribution in [0.5, 0.6) is 0 Å². The van der Waals surface area contributed by atoms with E-state index >= 15 is 0 Å². The molecule has 5 nitrogen and oxygen atoms in total. The van der Waals surface area contributed by atoms with Crippen LogP contribution < -0.4 is 5.32 Å². The molecule has 3 N–H and O–H groups in total. The maximum absolute atomic E-state index is 12.5. The van der Waals surface area contributed by atoms with E-state index in [0.29, 0.717) is 12.5 Å². The number of aromatic nitrogens is 2. The number of rotatable bonds is 9. The predicted octanol–water partition coefficient (Wildman–Crippen LogP) is 5.99. The van der Waals surface area contributed by atoms with Crippen molar-refractivity contribution in [2.24, 2.45) is 5.92 Å². The van der Waals surface area contributed by atoms with Crippen LogP contribution in [0.2, 0.25) is 0 Å². The van der Waals surface area contributed by atoms with Gasteiger partial charge in [0.25, 0.3) is 0 Å². The maximum Gasteiger partial charge on any atom is 0.227 e. The Morgan fingerprint density at radius 2 is 1.83 bits per heavy atom. The molecule has 0 aliphatic heterocycles. The molecular formula is C24H46N3O2P. The Labute approximate surface area is 186 Å². The summed E-state index contributed by atoms with van der Waals surface area (Å²) in [5, 5.41) is 10.0. The minimum atomic E-state index is -0.303. The molecule has 0 bridgehead atoms. The van der Waals surface area contributed by atoms with Crippen molar-refractivity contribution < 1.29 is 9.90 Å². The fourth-order valence-electron chi connectivity index (χ4n) is 2.43. The third-order valence-electron chi connectivity index (χ3n) is 3.63. The van der Waals surface area contributed by atoms with Gasteiger partial charge in [-0.1, -0.05) is 72.4 Å². The molecule has 1 unspecified atom stereocenters. The van der Waals surface area contributed by atoms with Crippen molar-refractivity contribution in [3.05, 3.63) is 48.6 Å². The summed E-state index contributed by atoms with van der Waals surface area (Å²) in [5.74, 6) is 1.42. The van der Waals surface area contributed by atoms with Gasteiger partial charge in [0.2, 0.25) is 5.91 Å². The van der Waals surface area contributed by atoms with Crippen LogP contribution in [-0.2, 0) is 11.3 Å². The average molecular weight is 440 g/mol. The van der Waals surface area contributed by atoms with E-state index < -0.39 is 0 Å². The van der Waals surface area contributed by atoms with E-state index in [4.69, 9.17) is 5.11 Å². The number of aliphatic hydroxyl groups is 1. The molecule has 1 aromatic heterocycles. The Morgan fingerprint density at radius 1 is 1.27 bits per heavy atom. The van der Waals surface area contributed by atoms with E-state index in [1.807, 2.05) is 52.8 Å². The minimum Gasteiger partial charge on any atom is -0.400 e. The molecule has 0 fully saturated rings. The molecule has 0 spiro atoms. The first kappa shape index (κ1) is 32.9. The standard InChI is InChI=1S/C19H30N3OP.2C2H6.CH4O/c1-7-9-15(10-8-2)16-12-20-18(22-16)13-21-19(23)17(24(5)6)11-14(3)4;3*1-2/h7-10,12,14,17H,1,11,13H2,2-6H3,(H,20,22)(H,21,23);2*1-2H3;2H,1H3/b10-8-,15-9+;;;. The lowest BCUT2D eigenvalue weighted by Crippen LogP contribution is -2.34. The molecular weight excluding hydrogens is 393 g/mol. The number of nitrogens with one attached hydrogen (secondary N) is 2. The highest BCUT2D eigenvalue weighted by atomic mass is 31.1. The highest BCUT2D eigenvalue weighted by Crippen LogP contribution is 2.36. The summed E-state index contributed by atoms with van der Waals surface area (Å²) >= 11 is 0. The van der Waals surface area contributed by atoms with E-state index in [9.17, 15) is 4.79 Å². The third kappa shape index (κ3) is 14.3. The van der Waals surface area contributed by atoms with E-state index in [0.717, 1.165) is 30.6 Å². The molecule has 1 aromatic rings. The Kier molecular flexibility index (Phi) is 24.1. The van der Waals surface area contributed by atoms with E-state index in [2.05, 4.69) is 49.0 Å². The summed E-state index contributed by atoms with van der Waals surface area (Å²) in [6, 6.07) is 0. The van der Waals surface area contributed by atoms with Gasteiger partial charge in [-0.05, 0) is 38.2 Å². The van der Waals surface area contributed by atoms with Crippen molar-refractivity contribution in [1.29, 1.82) is 0 Å². The van der Waals surface area contributed by atoms with Crippen molar-refractivity contribution in [1.82, 2.24) is 15.3 Å². The highest BCUT2D eigenvalue weighted by Gasteiger charge is 2.22. The lowest BCUT2D eigenvalue weighted by molar-refractivity contribution is -0.121. The largest absolute Gasteiger partial charge is 0.400 e. The van der Waals surface area contributed by atoms with Crippen molar-refractivity contribution in [2.45, 2.75) is 67.1 Å². The van der Waals surface area contributed by atoms with Crippen molar-refractivity contribution in [3.63, 3.8) is 0 Å². The summed E-state index contributed by atoms with van der Waals surface area (Å²) in [6.07, 6.45) is 10.4. The second-order valence-electron chi connectivity index (χ2n) is 6.43. The molecule has 1 heterocycles. The van der Waals surface area contributed by atoms with Gasteiger partial charge >= 0.3 is 0 Å². The molecule has 0 aromatic carbocycles. The molecule has 1 amide bonds. The first-order valence-corrected chi connectivity index (χ1v) is 13.1. The zero-order chi connectivity index (χ0) is 24.1. The maximum atomic E-state index is 12.5. The summed E-state index contributed by atoms with van der Waals surface area (Å²) in [6.45, 7) is 22.8. The number of allylic oxidation sites excluding steroid dienone is 5. The van der Waals surface area contributed by atoms with Crippen molar-refractivity contribution in [2.75, 3.05) is 20.4 Å². The molecule has 0 saturated carbocycles. The van der Waals surface area contributed by atoms with Gasteiger partial charge in [0.1, 0.15) is 5.82 Å². The Hall–Kier alpha value is -1.71. The van der Waals surface area contributed by atoms with Gasteiger partial charge < -0.3 is 15.4 Å². The SMILES string of the molecule is C=C/C=C(\C=C/C)c1cnc(CNC(=O)C(CC(C)C)P(C)C)[nH]1.CC.CC.CO. The third-order valence-corrected chi connectivity index (χ3v) is 5.33. The monoisotopic (exact) mass is 439 g/mol. The van der Waals surface area contributed by atoms with E-state index in [-0.39, 0.29) is 19.5 Å². The number of aromatic amines is 1.